The van der Waals surface area contributed by atoms with Crippen molar-refractivity contribution in [1.29, 1.82) is 0 Å². The van der Waals surface area contributed by atoms with E-state index in [1.807, 2.05) is 12.3 Å². The molecule has 0 radical (unpaired) electrons. The topological polar surface area (TPSA) is 21.1 Å². The lowest BCUT2D eigenvalue weighted by molar-refractivity contribution is 0.660. The maximum absolute atomic E-state index is 4.82. The van der Waals surface area contributed by atoms with Gasteiger partial charge in [0, 0.05) is 45.4 Å². The molecule has 0 N–H and O–H groups in total. The Kier molecular flexibility index (Phi) is 6.29. The minimum absolute atomic E-state index is 0.0676. The Hall–Kier alpha value is -5.67. The zero-order valence-electron chi connectivity index (χ0n) is 26.6. The molecule has 3 heteroatoms. The maximum atomic E-state index is 4.82. The monoisotopic (exact) mass is 605 g/mol. The third-order valence-electron chi connectivity index (χ3n) is 10.2. The van der Waals surface area contributed by atoms with Crippen LogP contribution in [0.15, 0.2) is 164 Å². The van der Waals surface area contributed by atoms with Crippen molar-refractivity contribution < 1.29 is 0 Å². The molecule has 2 heterocycles. The first-order valence-electron chi connectivity index (χ1n) is 16.5. The van der Waals surface area contributed by atoms with E-state index in [1.165, 1.54) is 55.3 Å². The molecule has 2 aliphatic rings. The van der Waals surface area contributed by atoms with Gasteiger partial charge in [0.2, 0.25) is 0 Å². The first-order valence-corrected chi connectivity index (χ1v) is 16.5. The molecule has 1 atom stereocenters. The van der Waals surface area contributed by atoms with Crippen LogP contribution >= 0.6 is 0 Å². The smallest absolute Gasteiger partial charge is 0.137 e. The van der Waals surface area contributed by atoms with Gasteiger partial charge in [0.15, 0.2) is 0 Å². The van der Waals surface area contributed by atoms with Crippen molar-refractivity contribution in [3.05, 3.63) is 180 Å². The summed E-state index contributed by atoms with van der Waals surface area (Å²) in [5, 5.41) is 2.58. The summed E-state index contributed by atoms with van der Waals surface area (Å²) >= 11 is 0. The van der Waals surface area contributed by atoms with Crippen molar-refractivity contribution in [1.82, 2.24) is 9.55 Å². The molecule has 9 rings (SSSR count). The van der Waals surface area contributed by atoms with Gasteiger partial charge >= 0.3 is 0 Å². The van der Waals surface area contributed by atoms with Gasteiger partial charge in [0.25, 0.3) is 0 Å². The fraction of sp³-hybridized carbons (Fsp3) is 0.114. The number of pyridine rings is 1. The summed E-state index contributed by atoms with van der Waals surface area (Å²) in [7, 11) is 0. The first kappa shape index (κ1) is 27.6. The van der Waals surface area contributed by atoms with E-state index in [9.17, 15) is 0 Å². The molecule has 7 aromatic rings. The molecule has 226 valence electrons. The SMILES string of the molecule is CC1(C)c2ccccc2-c2ccc(N(C3=CCC(c4ccc5c(c4)c4ccccc4n5-c4ccccc4)C=C3)c3ccccn3)cc21. The maximum Gasteiger partial charge on any atom is 0.137 e. The van der Waals surface area contributed by atoms with Crippen LogP contribution in [0.5, 0.6) is 0 Å². The second kappa shape index (κ2) is 10.7. The van der Waals surface area contributed by atoms with Gasteiger partial charge < -0.3 is 4.57 Å². The summed E-state index contributed by atoms with van der Waals surface area (Å²) in [6, 6.07) is 48.3. The molecule has 2 aliphatic carbocycles. The van der Waals surface area contributed by atoms with Gasteiger partial charge in [-0.2, -0.15) is 0 Å². The summed E-state index contributed by atoms with van der Waals surface area (Å²) < 4.78 is 2.38. The molecule has 0 amide bonds. The molecular formula is C44H35N3. The van der Waals surface area contributed by atoms with Crippen LogP contribution in [0, 0.1) is 0 Å². The van der Waals surface area contributed by atoms with Crippen LogP contribution in [-0.4, -0.2) is 9.55 Å². The van der Waals surface area contributed by atoms with Crippen molar-refractivity contribution in [2.45, 2.75) is 31.6 Å². The largest absolute Gasteiger partial charge is 0.309 e. The van der Waals surface area contributed by atoms with Gasteiger partial charge in [-0.05, 0) is 94.9 Å². The number of para-hydroxylation sites is 2. The number of rotatable bonds is 5. The molecule has 3 nitrogen and oxygen atoms in total. The molecule has 0 saturated carbocycles. The number of anilines is 2. The third kappa shape index (κ3) is 4.38. The highest BCUT2D eigenvalue weighted by Gasteiger charge is 2.36. The van der Waals surface area contributed by atoms with Crippen LogP contribution in [-0.2, 0) is 5.41 Å². The minimum atomic E-state index is -0.0676. The van der Waals surface area contributed by atoms with Crippen molar-refractivity contribution in [3.63, 3.8) is 0 Å². The lowest BCUT2D eigenvalue weighted by atomic mass is 9.82. The van der Waals surface area contributed by atoms with Gasteiger partial charge in [0.05, 0.1) is 11.0 Å². The quantitative estimate of drug-likeness (QED) is 0.195. The Bertz CT molecular complexity index is 2360. The van der Waals surface area contributed by atoms with E-state index in [0.717, 1.165) is 23.6 Å². The summed E-state index contributed by atoms with van der Waals surface area (Å²) in [5.74, 6) is 1.21. The van der Waals surface area contributed by atoms with Crippen LogP contribution in [0.25, 0.3) is 38.6 Å². The Morgan fingerprint density at radius 2 is 1.45 bits per heavy atom. The normalized spacial score (nSPS) is 16.2. The number of hydrogen-bond donors (Lipinski definition) is 0. The number of hydrogen-bond acceptors (Lipinski definition) is 2. The van der Waals surface area contributed by atoms with Gasteiger partial charge in [-0.1, -0.05) is 105 Å². The average molecular weight is 606 g/mol. The van der Waals surface area contributed by atoms with Crippen molar-refractivity contribution in [2.24, 2.45) is 0 Å². The molecule has 5 aromatic carbocycles. The van der Waals surface area contributed by atoms with E-state index in [1.54, 1.807) is 0 Å². The summed E-state index contributed by atoms with van der Waals surface area (Å²) in [6.45, 7) is 4.68. The van der Waals surface area contributed by atoms with E-state index in [0.29, 0.717) is 5.92 Å². The Balaban J connectivity index is 1.08. The number of aromatic nitrogens is 2. The third-order valence-corrected chi connectivity index (χ3v) is 10.2. The van der Waals surface area contributed by atoms with E-state index in [4.69, 9.17) is 4.98 Å². The van der Waals surface area contributed by atoms with Gasteiger partial charge in [-0.3, -0.25) is 4.90 Å². The second-order valence-electron chi connectivity index (χ2n) is 13.2. The summed E-state index contributed by atoms with van der Waals surface area (Å²) in [6.07, 6.45) is 9.83. The van der Waals surface area contributed by atoms with Gasteiger partial charge in [-0.15, -0.1) is 0 Å². The summed E-state index contributed by atoms with van der Waals surface area (Å²) in [5.41, 5.74) is 12.6. The van der Waals surface area contributed by atoms with E-state index < -0.39 is 0 Å². The van der Waals surface area contributed by atoms with Crippen LogP contribution < -0.4 is 4.90 Å². The number of fused-ring (bicyclic) bond motifs is 6. The Morgan fingerprint density at radius 1 is 0.681 bits per heavy atom. The van der Waals surface area contributed by atoms with Crippen molar-refractivity contribution >= 4 is 33.3 Å². The Morgan fingerprint density at radius 3 is 2.28 bits per heavy atom. The zero-order chi connectivity index (χ0) is 31.5. The molecule has 1 unspecified atom stereocenters. The number of nitrogens with zero attached hydrogens (tertiary/aromatic N) is 3. The molecule has 0 spiro atoms. The lowest BCUT2D eigenvalue weighted by Gasteiger charge is -2.29. The average Bonchev–Trinajstić information content (AvgIpc) is 3.58. The Labute approximate surface area is 275 Å². The minimum Gasteiger partial charge on any atom is -0.309 e. The zero-order valence-corrected chi connectivity index (χ0v) is 26.6. The highest BCUT2D eigenvalue weighted by molar-refractivity contribution is 6.09. The standard InChI is InChI=1S/C44H35N3/c1-44(2)39-16-8-6-14-35(39)36-25-24-34(29-40(36)44)46(43-18-10-11-27-45-43)33-22-19-30(20-23-33)31-21-26-42-38(28-31)37-15-7-9-17-41(37)47(42)32-12-4-3-5-13-32/h3-19,21-30H,20H2,1-2H3. The fourth-order valence-electron chi connectivity index (χ4n) is 7.83. The van der Waals surface area contributed by atoms with Crippen LogP contribution in [0.4, 0.5) is 11.5 Å². The van der Waals surface area contributed by atoms with E-state index in [-0.39, 0.29) is 5.41 Å². The van der Waals surface area contributed by atoms with E-state index in [2.05, 4.69) is 169 Å². The lowest BCUT2D eigenvalue weighted by Crippen LogP contribution is -2.20. The molecule has 2 aromatic heterocycles. The molecule has 0 aliphatic heterocycles. The predicted octanol–water partition coefficient (Wildman–Crippen LogP) is 11.3. The molecule has 0 fully saturated rings. The highest BCUT2D eigenvalue weighted by Crippen LogP contribution is 2.50. The van der Waals surface area contributed by atoms with Crippen LogP contribution in [0.2, 0.25) is 0 Å². The highest BCUT2D eigenvalue weighted by atomic mass is 15.2. The molecule has 0 bridgehead atoms. The van der Waals surface area contributed by atoms with Crippen molar-refractivity contribution in [3.8, 4) is 16.8 Å². The fourth-order valence-corrected chi connectivity index (χ4v) is 7.83. The molecule has 0 saturated heterocycles. The van der Waals surface area contributed by atoms with Crippen LogP contribution in [0.3, 0.4) is 0 Å². The van der Waals surface area contributed by atoms with Gasteiger partial charge in [0.1, 0.15) is 5.82 Å². The number of benzene rings is 5. The second-order valence-corrected chi connectivity index (χ2v) is 13.2. The predicted molar refractivity (Wildman–Crippen MR) is 196 cm³/mol. The van der Waals surface area contributed by atoms with Crippen molar-refractivity contribution in [2.75, 3.05) is 4.90 Å². The number of allylic oxidation sites excluding steroid dienone is 3. The first-order chi connectivity index (χ1) is 23.1. The van der Waals surface area contributed by atoms with E-state index >= 15 is 0 Å². The van der Waals surface area contributed by atoms with Gasteiger partial charge in [-0.25, -0.2) is 4.98 Å². The molecule has 47 heavy (non-hydrogen) atoms. The summed E-state index contributed by atoms with van der Waals surface area (Å²) in [4.78, 5) is 7.12. The van der Waals surface area contributed by atoms with Crippen LogP contribution in [0.1, 0.15) is 42.9 Å². The molecular weight excluding hydrogens is 571 g/mol.